The summed E-state index contributed by atoms with van der Waals surface area (Å²) in [4.78, 5) is 13.1. The standard InChI is InChI=1S/C9H17NO2.C7H15N/c1-9(2,3)12-8(11)10-6-4-5-7-10;8-7-5-3-1-2-4-6-7/h4-7H2,1-3H3;7H,1-6,8H2. The molecule has 0 spiro atoms. The zero-order valence-corrected chi connectivity index (χ0v) is 13.5. The van der Waals surface area contributed by atoms with E-state index in [9.17, 15) is 4.79 Å². The number of carbonyl (C=O) groups excluding carboxylic acids is 1. The zero-order valence-electron chi connectivity index (χ0n) is 13.5. The van der Waals surface area contributed by atoms with Crippen molar-refractivity contribution in [1.29, 1.82) is 0 Å². The zero-order chi connectivity index (χ0) is 15.0. The maximum absolute atomic E-state index is 11.4. The van der Waals surface area contributed by atoms with Crippen LogP contribution in [0.2, 0.25) is 0 Å². The second-order valence-electron chi connectivity index (χ2n) is 6.93. The van der Waals surface area contributed by atoms with E-state index in [1.807, 2.05) is 20.8 Å². The molecule has 2 N–H and O–H groups in total. The molecule has 1 saturated heterocycles. The van der Waals surface area contributed by atoms with Gasteiger partial charge in [-0.2, -0.15) is 0 Å². The van der Waals surface area contributed by atoms with E-state index in [0.717, 1.165) is 25.9 Å². The minimum absolute atomic E-state index is 0.167. The Morgan fingerprint density at radius 3 is 1.95 bits per heavy atom. The van der Waals surface area contributed by atoms with Crippen molar-refractivity contribution in [2.24, 2.45) is 5.73 Å². The molecule has 2 fully saturated rings. The Morgan fingerprint density at radius 1 is 1.00 bits per heavy atom. The van der Waals surface area contributed by atoms with E-state index in [4.69, 9.17) is 10.5 Å². The van der Waals surface area contributed by atoms with E-state index in [2.05, 4.69) is 0 Å². The monoisotopic (exact) mass is 284 g/mol. The van der Waals surface area contributed by atoms with Crippen LogP contribution >= 0.6 is 0 Å². The van der Waals surface area contributed by atoms with Gasteiger partial charge in [0, 0.05) is 19.1 Å². The summed E-state index contributed by atoms with van der Waals surface area (Å²) in [5.41, 5.74) is 5.37. The average Bonchev–Trinajstić information content (AvgIpc) is 2.77. The number of amides is 1. The van der Waals surface area contributed by atoms with E-state index in [1.165, 1.54) is 38.5 Å². The molecule has 2 aliphatic rings. The number of ether oxygens (including phenoxy) is 1. The lowest BCUT2D eigenvalue weighted by Gasteiger charge is -2.23. The Morgan fingerprint density at radius 2 is 1.50 bits per heavy atom. The van der Waals surface area contributed by atoms with Gasteiger partial charge in [0.25, 0.3) is 0 Å². The van der Waals surface area contributed by atoms with Crippen LogP contribution < -0.4 is 5.73 Å². The lowest BCUT2D eigenvalue weighted by atomic mass is 10.1. The van der Waals surface area contributed by atoms with Gasteiger partial charge in [0.05, 0.1) is 0 Å². The molecular formula is C16H32N2O2. The van der Waals surface area contributed by atoms with Crippen molar-refractivity contribution in [1.82, 2.24) is 4.90 Å². The summed E-state index contributed by atoms with van der Waals surface area (Å²) < 4.78 is 5.21. The summed E-state index contributed by atoms with van der Waals surface area (Å²) in [6.45, 7) is 7.38. The van der Waals surface area contributed by atoms with E-state index in [0.29, 0.717) is 6.04 Å². The van der Waals surface area contributed by atoms with Crippen LogP contribution in [-0.2, 0) is 4.74 Å². The molecule has 1 saturated carbocycles. The van der Waals surface area contributed by atoms with Crippen molar-refractivity contribution in [3.63, 3.8) is 0 Å². The maximum atomic E-state index is 11.4. The Labute approximate surface area is 124 Å². The summed E-state index contributed by atoms with van der Waals surface area (Å²) in [7, 11) is 0. The highest BCUT2D eigenvalue weighted by Gasteiger charge is 2.23. The number of nitrogens with two attached hydrogens (primary N) is 1. The molecule has 1 heterocycles. The van der Waals surface area contributed by atoms with Crippen molar-refractivity contribution >= 4 is 6.09 Å². The molecule has 20 heavy (non-hydrogen) atoms. The molecule has 0 aromatic heterocycles. The molecule has 0 atom stereocenters. The largest absolute Gasteiger partial charge is 0.444 e. The molecule has 0 bridgehead atoms. The number of likely N-dealkylation sites (tertiary alicyclic amines) is 1. The lowest BCUT2D eigenvalue weighted by Crippen LogP contribution is -2.34. The van der Waals surface area contributed by atoms with Gasteiger partial charge in [0.2, 0.25) is 0 Å². The van der Waals surface area contributed by atoms with Gasteiger partial charge >= 0.3 is 6.09 Å². The van der Waals surface area contributed by atoms with Crippen molar-refractivity contribution in [2.45, 2.75) is 83.8 Å². The van der Waals surface area contributed by atoms with Gasteiger partial charge in [0.15, 0.2) is 0 Å². The molecule has 4 heteroatoms. The van der Waals surface area contributed by atoms with Crippen LogP contribution in [0, 0.1) is 0 Å². The third-order valence-corrected chi connectivity index (χ3v) is 3.66. The predicted octanol–water partition coefficient (Wildman–Crippen LogP) is 3.69. The average molecular weight is 284 g/mol. The molecule has 0 aromatic rings. The second-order valence-corrected chi connectivity index (χ2v) is 6.93. The summed E-state index contributed by atoms with van der Waals surface area (Å²) in [5, 5.41) is 0. The first-order valence-corrected chi connectivity index (χ1v) is 8.12. The van der Waals surface area contributed by atoms with E-state index >= 15 is 0 Å². The Hall–Kier alpha value is -0.770. The highest BCUT2D eigenvalue weighted by atomic mass is 16.6. The van der Waals surface area contributed by atoms with E-state index < -0.39 is 0 Å². The predicted molar refractivity (Wildman–Crippen MR) is 82.7 cm³/mol. The molecule has 2 rings (SSSR count). The summed E-state index contributed by atoms with van der Waals surface area (Å²) in [6, 6.07) is 0.525. The smallest absolute Gasteiger partial charge is 0.410 e. The SMILES string of the molecule is CC(C)(C)OC(=O)N1CCCC1.NC1CCCCCC1. The summed E-state index contributed by atoms with van der Waals surface area (Å²) >= 11 is 0. The van der Waals surface area contributed by atoms with Crippen molar-refractivity contribution in [2.75, 3.05) is 13.1 Å². The minimum Gasteiger partial charge on any atom is -0.444 e. The molecular weight excluding hydrogens is 252 g/mol. The molecule has 1 aliphatic carbocycles. The fourth-order valence-electron chi connectivity index (χ4n) is 2.54. The Bertz CT molecular complexity index is 273. The van der Waals surface area contributed by atoms with Crippen LogP contribution in [0.15, 0.2) is 0 Å². The Kier molecular flexibility index (Phi) is 7.35. The van der Waals surface area contributed by atoms with E-state index in [-0.39, 0.29) is 11.7 Å². The van der Waals surface area contributed by atoms with Crippen molar-refractivity contribution in [3.05, 3.63) is 0 Å². The molecule has 0 radical (unpaired) electrons. The van der Waals surface area contributed by atoms with Crippen LogP contribution in [-0.4, -0.2) is 35.7 Å². The molecule has 4 nitrogen and oxygen atoms in total. The highest BCUT2D eigenvalue weighted by Crippen LogP contribution is 2.15. The summed E-state index contributed by atoms with van der Waals surface area (Å²) in [6.07, 6.45) is 10.1. The van der Waals surface area contributed by atoms with Gasteiger partial charge in [-0.05, 0) is 46.5 Å². The number of nitrogens with zero attached hydrogens (tertiary/aromatic N) is 1. The van der Waals surface area contributed by atoms with Gasteiger partial charge in [-0.3, -0.25) is 0 Å². The minimum atomic E-state index is -0.361. The third-order valence-electron chi connectivity index (χ3n) is 3.66. The summed E-state index contributed by atoms with van der Waals surface area (Å²) in [5.74, 6) is 0. The maximum Gasteiger partial charge on any atom is 0.410 e. The normalized spacial score (nSPS) is 20.9. The van der Waals surface area contributed by atoms with Gasteiger partial charge in [-0.15, -0.1) is 0 Å². The fourth-order valence-corrected chi connectivity index (χ4v) is 2.54. The third kappa shape index (κ3) is 7.73. The number of carbonyl (C=O) groups is 1. The van der Waals surface area contributed by atoms with Crippen molar-refractivity contribution in [3.8, 4) is 0 Å². The first kappa shape index (κ1) is 17.3. The first-order chi connectivity index (χ1) is 9.38. The lowest BCUT2D eigenvalue weighted by molar-refractivity contribution is 0.0295. The number of hydrogen-bond donors (Lipinski definition) is 1. The van der Waals surface area contributed by atoms with Gasteiger partial charge in [0.1, 0.15) is 5.60 Å². The van der Waals surface area contributed by atoms with Crippen molar-refractivity contribution < 1.29 is 9.53 Å². The molecule has 0 unspecified atom stereocenters. The van der Waals surface area contributed by atoms with Crippen LogP contribution in [0.1, 0.15) is 72.1 Å². The number of hydrogen-bond acceptors (Lipinski definition) is 3. The van der Waals surface area contributed by atoms with Gasteiger partial charge < -0.3 is 15.4 Å². The molecule has 1 aliphatic heterocycles. The Balaban J connectivity index is 0.000000217. The van der Waals surface area contributed by atoms with Crippen LogP contribution in [0.3, 0.4) is 0 Å². The van der Waals surface area contributed by atoms with Gasteiger partial charge in [-0.1, -0.05) is 25.7 Å². The van der Waals surface area contributed by atoms with E-state index in [1.54, 1.807) is 4.90 Å². The van der Waals surface area contributed by atoms with Crippen LogP contribution in [0.25, 0.3) is 0 Å². The second kappa shape index (κ2) is 8.50. The van der Waals surface area contributed by atoms with Crippen LogP contribution in [0.5, 0.6) is 0 Å². The van der Waals surface area contributed by atoms with Crippen LogP contribution in [0.4, 0.5) is 4.79 Å². The highest BCUT2D eigenvalue weighted by molar-refractivity contribution is 5.68. The quantitative estimate of drug-likeness (QED) is 0.690. The van der Waals surface area contributed by atoms with Gasteiger partial charge in [-0.25, -0.2) is 4.79 Å². The molecule has 1 amide bonds. The number of rotatable bonds is 0. The molecule has 118 valence electrons. The molecule has 0 aromatic carbocycles. The topological polar surface area (TPSA) is 55.6 Å². The first-order valence-electron chi connectivity index (χ1n) is 8.12. The fraction of sp³-hybridized carbons (Fsp3) is 0.938.